The van der Waals surface area contributed by atoms with Gasteiger partial charge >= 0.3 is 12.1 Å². The fourth-order valence-electron chi connectivity index (χ4n) is 3.82. The van der Waals surface area contributed by atoms with Gasteiger partial charge in [-0.3, -0.25) is 5.32 Å². The van der Waals surface area contributed by atoms with Gasteiger partial charge in [-0.05, 0) is 63.1 Å². The number of carbonyl (C=O) groups is 2. The molecular formula is C30H29NO5. The molecule has 0 aromatic heterocycles. The molecule has 1 N–H and O–H groups in total. The van der Waals surface area contributed by atoms with Gasteiger partial charge in [0.05, 0.1) is 5.69 Å². The normalized spacial score (nSPS) is 11.1. The van der Waals surface area contributed by atoms with Crippen molar-refractivity contribution in [2.45, 2.75) is 39.9 Å². The Balaban J connectivity index is 1.78. The van der Waals surface area contributed by atoms with Crippen molar-refractivity contribution in [2.24, 2.45) is 0 Å². The Labute approximate surface area is 210 Å². The van der Waals surface area contributed by atoms with Crippen LogP contribution < -0.4 is 14.8 Å². The van der Waals surface area contributed by atoms with Crippen LogP contribution in [0.5, 0.6) is 11.5 Å². The van der Waals surface area contributed by atoms with Crippen LogP contribution in [0.2, 0.25) is 0 Å². The first kappa shape index (κ1) is 24.8. The molecule has 4 rings (SSSR count). The van der Waals surface area contributed by atoms with E-state index in [9.17, 15) is 9.59 Å². The second-order valence-corrected chi connectivity index (χ2v) is 9.40. The largest absolute Gasteiger partial charge is 0.487 e. The third-order valence-electron chi connectivity index (χ3n) is 5.35. The summed E-state index contributed by atoms with van der Waals surface area (Å²) in [5, 5.41) is 4.22. The number of hydrogen-bond donors (Lipinski definition) is 1. The fourth-order valence-corrected chi connectivity index (χ4v) is 3.82. The summed E-state index contributed by atoms with van der Waals surface area (Å²) in [4.78, 5) is 25.8. The van der Waals surface area contributed by atoms with Gasteiger partial charge in [0.15, 0.2) is 0 Å². The first-order chi connectivity index (χ1) is 17.2. The van der Waals surface area contributed by atoms with E-state index in [-0.39, 0.29) is 6.61 Å². The van der Waals surface area contributed by atoms with Crippen molar-refractivity contribution in [3.8, 4) is 11.5 Å². The lowest BCUT2D eigenvalue weighted by Gasteiger charge is -2.21. The molecule has 0 heterocycles. The van der Waals surface area contributed by atoms with Crippen molar-refractivity contribution >= 4 is 28.5 Å². The van der Waals surface area contributed by atoms with E-state index in [0.29, 0.717) is 33.7 Å². The average Bonchev–Trinajstić information content (AvgIpc) is 2.83. The Morgan fingerprint density at radius 3 is 2.17 bits per heavy atom. The third kappa shape index (κ3) is 6.02. The summed E-state index contributed by atoms with van der Waals surface area (Å²) in [5.41, 5.74) is 1.86. The maximum atomic E-state index is 13.3. The van der Waals surface area contributed by atoms with E-state index in [4.69, 9.17) is 14.2 Å². The number of rotatable bonds is 6. The fraction of sp³-hybridized carbons (Fsp3) is 0.200. The maximum absolute atomic E-state index is 13.3. The van der Waals surface area contributed by atoms with Gasteiger partial charge in [-0.25, -0.2) is 9.59 Å². The molecule has 4 aromatic carbocycles. The minimum atomic E-state index is -0.636. The average molecular weight is 484 g/mol. The molecule has 0 aliphatic rings. The predicted molar refractivity (Wildman–Crippen MR) is 141 cm³/mol. The van der Waals surface area contributed by atoms with Gasteiger partial charge in [0.2, 0.25) is 0 Å². The molecule has 0 spiro atoms. The van der Waals surface area contributed by atoms with E-state index in [1.54, 1.807) is 57.2 Å². The second-order valence-electron chi connectivity index (χ2n) is 9.40. The highest BCUT2D eigenvalue weighted by atomic mass is 16.6. The summed E-state index contributed by atoms with van der Waals surface area (Å²) in [7, 11) is 0. The van der Waals surface area contributed by atoms with E-state index in [1.807, 2.05) is 55.5 Å². The molecule has 4 aromatic rings. The second kappa shape index (κ2) is 10.5. The summed E-state index contributed by atoms with van der Waals surface area (Å²) in [6.45, 7) is 7.50. The van der Waals surface area contributed by atoms with E-state index in [1.165, 1.54) is 0 Å². The molecule has 0 aliphatic carbocycles. The van der Waals surface area contributed by atoms with Gasteiger partial charge in [0.25, 0.3) is 0 Å². The van der Waals surface area contributed by atoms with Crippen molar-refractivity contribution in [1.82, 2.24) is 0 Å². The number of anilines is 1. The highest BCUT2D eigenvalue weighted by Crippen LogP contribution is 2.37. The quantitative estimate of drug-likeness (QED) is 0.230. The first-order valence-electron chi connectivity index (χ1n) is 11.7. The summed E-state index contributed by atoms with van der Waals surface area (Å²) in [5.74, 6) is 0.313. The molecule has 0 radical (unpaired) electrons. The van der Waals surface area contributed by atoms with Crippen molar-refractivity contribution in [3.05, 3.63) is 102 Å². The van der Waals surface area contributed by atoms with Gasteiger partial charge in [-0.1, -0.05) is 60.7 Å². The highest BCUT2D eigenvalue weighted by molar-refractivity contribution is 6.08. The van der Waals surface area contributed by atoms with Crippen LogP contribution in [0.1, 0.15) is 42.3 Å². The molecule has 1 amide bonds. The molecule has 0 aliphatic heterocycles. The van der Waals surface area contributed by atoms with Crippen LogP contribution in [0, 0.1) is 6.92 Å². The molecule has 0 fully saturated rings. The Kier molecular flexibility index (Phi) is 7.25. The lowest BCUT2D eigenvalue weighted by Crippen LogP contribution is -2.27. The first-order valence-corrected chi connectivity index (χ1v) is 11.7. The van der Waals surface area contributed by atoms with Crippen molar-refractivity contribution in [1.29, 1.82) is 0 Å². The monoisotopic (exact) mass is 483 g/mol. The molecule has 184 valence electrons. The molecule has 0 bridgehead atoms. The Hall–Kier alpha value is -4.32. The van der Waals surface area contributed by atoms with Crippen LogP contribution in [0.4, 0.5) is 10.5 Å². The number of carbonyl (C=O) groups excluding carboxylic acids is 2. The molecule has 0 unspecified atom stereocenters. The zero-order valence-electron chi connectivity index (χ0n) is 20.8. The number of ether oxygens (including phenoxy) is 3. The number of nitrogens with one attached hydrogen (secondary N) is 1. The topological polar surface area (TPSA) is 73.9 Å². The Morgan fingerprint density at radius 2 is 1.50 bits per heavy atom. The third-order valence-corrected chi connectivity index (χ3v) is 5.35. The Bertz CT molecular complexity index is 1380. The number of benzene rings is 4. The number of esters is 1. The molecule has 0 saturated heterocycles. The number of aryl methyl sites for hydroxylation is 1. The maximum Gasteiger partial charge on any atom is 0.412 e. The van der Waals surface area contributed by atoms with Gasteiger partial charge in [-0.15, -0.1) is 0 Å². The minimum absolute atomic E-state index is 0.259. The molecule has 0 atom stereocenters. The minimum Gasteiger partial charge on any atom is -0.487 e. The van der Waals surface area contributed by atoms with Crippen LogP contribution in [-0.2, 0) is 11.3 Å². The van der Waals surface area contributed by atoms with Gasteiger partial charge in [0.1, 0.15) is 29.3 Å². The van der Waals surface area contributed by atoms with E-state index >= 15 is 0 Å². The predicted octanol–water partition coefficient (Wildman–Crippen LogP) is 7.29. The van der Waals surface area contributed by atoms with E-state index in [0.717, 1.165) is 10.9 Å². The molecule has 36 heavy (non-hydrogen) atoms. The van der Waals surface area contributed by atoms with Gasteiger partial charge in [0, 0.05) is 10.8 Å². The van der Waals surface area contributed by atoms with Gasteiger partial charge in [-0.2, -0.15) is 0 Å². The van der Waals surface area contributed by atoms with Crippen molar-refractivity contribution < 1.29 is 23.8 Å². The summed E-state index contributed by atoms with van der Waals surface area (Å²) < 4.78 is 17.4. The van der Waals surface area contributed by atoms with Crippen LogP contribution in [0.15, 0.2) is 84.9 Å². The lowest BCUT2D eigenvalue weighted by molar-refractivity contribution is 0.0635. The number of para-hydroxylation sites is 1. The van der Waals surface area contributed by atoms with Crippen molar-refractivity contribution in [2.75, 3.05) is 5.32 Å². The van der Waals surface area contributed by atoms with Crippen LogP contribution in [0.3, 0.4) is 0 Å². The summed E-state index contributed by atoms with van der Waals surface area (Å²) >= 11 is 0. The number of hydrogen-bond acceptors (Lipinski definition) is 5. The molecule has 0 saturated carbocycles. The zero-order valence-corrected chi connectivity index (χ0v) is 20.8. The van der Waals surface area contributed by atoms with Crippen LogP contribution in [-0.4, -0.2) is 17.7 Å². The smallest absolute Gasteiger partial charge is 0.412 e. The van der Waals surface area contributed by atoms with Gasteiger partial charge < -0.3 is 14.2 Å². The molecule has 6 heteroatoms. The summed E-state index contributed by atoms with van der Waals surface area (Å²) in [6.07, 6.45) is -0.563. The highest BCUT2D eigenvalue weighted by Gasteiger charge is 2.23. The van der Waals surface area contributed by atoms with Crippen LogP contribution >= 0.6 is 0 Å². The standard InChI is InChI=1S/C30H29NO5/c1-20-18-24-23(16-11-17-25(24)31-29(33)36-30(2,3)4)27(34-19-21-12-7-5-8-13-21)26(20)28(32)35-22-14-9-6-10-15-22/h5-18H,19H2,1-4H3,(H,31,33). The lowest BCUT2D eigenvalue weighted by atomic mass is 9.98. The SMILES string of the molecule is Cc1cc2c(NC(=O)OC(C)(C)C)cccc2c(OCc2ccccc2)c1C(=O)Oc1ccccc1. The molecular weight excluding hydrogens is 454 g/mol. The van der Waals surface area contributed by atoms with E-state index < -0.39 is 17.7 Å². The summed E-state index contributed by atoms with van der Waals surface area (Å²) in [6, 6.07) is 25.9. The zero-order chi connectivity index (χ0) is 25.7. The Morgan fingerprint density at radius 1 is 0.833 bits per heavy atom. The molecule has 6 nitrogen and oxygen atoms in total. The number of fused-ring (bicyclic) bond motifs is 1. The van der Waals surface area contributed by atoms with Crippen LogP contribution in [0.25, 0.3) is 10.8 Å². The number of amides is 1. The van der Waals surface area contributed by atoms with E-state index in [2.05, 4.69) is 5.32 Å². The van der Waals surface area contributed by atoms with Crippen molar-refractivity contribution in [3.63, 3.8) is 0 Å².